The first kappa shape index (κ1) is 47.1. The maximum absolute atomic E-state index is 2.47. The zero-order valence-electron chi connectivity index (χ0n) is 31.9. The third-order valence-electron chi connectivity index (χ3n) is 10.0. The molecule has 1 rings (SSSR count). The number of rotatable bonds is 8. The highest BCUT2D eigenvalue weighted by molar-refractivity contribution is 6.79. The summed E-state index contributed by atoms with van der Waals surface area (Å²) in [6.45, 7) is 50.6. The Morgan fingerprint density at radius 2 is 1.07 bits per heavy atom. The van der Waals surface area contributed by atoms with Gasteiger partial charge in [-0.25, -0.2) is 0 Å². The fraction of sp³-hybridized carbons (Fsp3) is 0.800. The molecule has 0 atom stereocenters. The molecule has 0 N–H and O–H groups in total. The molecule has 41 heavy (non-hydrogen) atoms. The van der Waals surface area contributed by atoms with Gasteiger partial charge in [-0.2, -0.15) is 0 Å². The smallest absolute Gasteiger partial charge is 0.0525 e. The summed E-state index contributed by atoms with van der Waals surface area (Å²) in [6.07, 6.45) is 2.32. The first-order valence-corrected chi connectivity index (χ1v) is 19.8. The highest BCUT2D eigenvalue weighted by atomic mass is 28.3. The molecule has 0 aliphatic heterocycles. The quantitative estimate of drug-likeness (QED) is 0.209. The third kappa shape index (κ3) is 19.1. The van der Waals surface area contributed by atoms with Crippen molar-refractivity contribution in [1.29, 1.82) is 0 Å². The highest BCUT2D eigenvalue weighted by Crippen LogP contribution is 2.34. The van der Waals surface area contributed by atoms with Gasteiger partial charge in [-0.1, -0.05) is 186 Å². The summed E-state index contributed by atoms with van der Waals surface area (Å²) in [5, 5.41) is 0. The Morgan fingerprint density at radius 1 is 0.683 bits per heavy atom. The minimum atomic E-state index is -0.858. The number of hydrogen-bond acceptors (Lipinski definition) is 0. The largest absolute Gasteiger partial charge is 0.0828 e. The minimum Gasteiger partial charge on any atom is -0.0828 e. The molecular weight excluding hydrogens is 509 g/mol. The van der Waals surface area contributed by atoms with Crippen molar-refractivity contribution in [1.82, 2.24) is 0 Å². The van der Waals surface area contributed by atoms with Crippen LogP contribution in [0.3, 0.4) is 0 Å². The van der Waals surface area contributed by atoms with E-state index in [2.05, 4.69) is 176 Å². The van der Waals surface area contributed by atoms with Crippen LogP contribution in [-0.4, -0.2) is 8.07 Å². The van der Waals surface area contributed by atoms with Crippen LogP contribution in [-0.2, 0) is 0 Å². The van der Waals surface area contributed by atoms with Crippen molar-refractivity contribution in [3.05, 3.63) is 46.5 Å². The van der Waals surface area contributed by atoms with Crippen molar-refractivity contribution in [3.8, 4) is 0 Å². The van der Waals surface area contributed by atoms with E-state index in [1.165, 1.54) is 22.3 Å². The molecule has 0 saturated carbocycles. The van der Waals surface area contributed by atoms with Crippen LogP contribution in [0, 0.1) is 36.0 Å². The van der Waals surface area contributed by atoms with E-state index in [0.29, 0.717) is 29.1 Å². The lowest BCUT2D eigenvalue weighted by molar-refractivity contribution is 0.165. The van der Waals surface area contributed by atoms with Gasteiger partial charge >= 0.3 is 0 Å². The Labute approximate surface area is 265 Å². The predicted molar refractivity (Wildman–Crippen MR) is 201 cm³/mol. The molecular formula is C40H82Si. The Bertz CT molecular complexity index is 754. The van der Waals surface area contributed by atoms with Crippen molar-refractivity contribution in [3.63, 3.8) is 0 Å². The molecule has 0 heterocycles. The number of benzene rings is 1. The zero-order chi connectivity index (χ0) is 32.8. The average molecular weight is 591 g/mol. The number of hydrogen-bond donors (Lipinski definition) is 0. The second-order valence-electron chi connectivity index (χ2n) is 16.0. The van der Waals surface area contributed by atoms with Crippen molar-refractivity contribution >= 4 is 8.07 Å². The van der Waals surface area contributed by atoms with Crippen LogP contribution in [0.5, 0.6) is 0 Å². The highest BCUT2D eigenvalue weighted by Gasteiger charge is 2.28. The standard InChI is InChI=1S/C13H20.C9H20.C9H18.C8H20Si.CH4/c1-9(2)12-8-6-7-11(5)13(12)10(3)4;1-7(2)9(5,6)8(3)4;1-7(2)6-9(5)8(3)4;1-7(2)9(5,6)8(3)4;/h6-10H,1-5H3;7-8H,1-6H3;6-8H,1-5H3;7-8H,1-6H3;1H4/b;;9-6-;;. The summed E-state index contributed by atoms with van der Waals surface area (Å²) in [5.41, 5.74) is 8.34. The summed E-state index contributed by atoms with van der Waals surface area (Å²) in [4.78, 5) is 0. The first-order chi connectivity index (χ1) is 17.8. The summed E-state index contributed by atoms with van der Waals surface area (Å²) in [6, 6.07) is 6.63. The first-order valence-electron chi connectivity index (χ1n) is 16.6. The Morgan fingerprint density at radius 3 is 1.22 bits per heavy atom. The van der Waals surface area contributed by atoms with Crippen LogP contribution < -0.4 is 0 Å². The van der Waals surface area contributed by atoms with Crippen molar-refractivity contribution in [2.75, 3.05) is 0 Å². The SMILES string of the molecule is C.C/C(=C/C(C)C)C(C)C.CC(C)C(C)(C)C(C)C.CC(C)[Si](C)(C)C(C)C.Cc1cccc(C(C)C)c1C(C)C. The van der Waals surface area contributed by atoms with Gasteiger partial charge in [0.2, 0.25) is 0 Å². The molecule has 0 amide bonds. The van der Waals surface area contributed by atoms with Crippen LogP contribution in [0.15, 0.2) is 29.8 Å². The zero-order valence-corrected chi connectivity index (χ0v) is 32.9. The minimum absolute atomic E-state index is 0. The lowest BCUT2D eigenvalue weighted by atomic mass is 9.72. The van der Waals surface area contributed by atoms with E-state index in [1.807, 2.05) is 0 Å². The van der Waals surface area contributed by atoms with E-state index in [4.69, 9.17) is 0 Å². The van der Waals surface area contributed by atoms with Crippen molar-refractivity contribution in [2.24, 2.45) is 29.1 Å². The van der Waals surface area contributed by atoms with Gasteiger partial charge in [-0.15, -0.1) is 0 Å². The topological polar surface area (TPSA) is 0 Å². The fourth-order valence-corrected chi connectivity index (χ4v) is 5.38. The lowest BCUT2D eigenvalue weighted by Crippen LogP contribution is -2.32. The number of aryl methyl sites for hydroxylation is 1. The Balaban J connectivity index is -0.000000225. The second kappa shape index (κ2) is 21.8. The molecule has 1 heteroatoms. The summed E-state index contributed by atoms with van der Waals surface area (Å²) in [5.74, 6) is 4.27. The molecule has 0 nitrogen and oxygen atoms in total. The molecule has 246 valence electrons. The van der Waals surface area contributed by atoms with Crippen LogP contribution in [0.25, 0.3) is 0 Å². The van der Waals surface area contributed by atoms with Gasteiger partial charge in [-0.05, 0) is 71.5 Å². The van der Waals surface area contributed by atoms with E-state index < -0.39 is 8.07 Å². The van der Waals surface area contributed by atoms with Gasteiger partial charge in [0, 0.05) is 0 Å². The molecule has 0 aromatic heterocycles. The van der Waals surface area contributed by atoms with E-state index in [-0.39, 0.29) is 7.43 Å². The molecule has 1 aromatic carbocycles. The molecule has 0 unspecified atom stereocenters. The van der Waals surface area contributed by atoms with Crippen molar-refractivity contribution in [2.45, 2.75) is 182 Å². The van der Waals surface area contributed by atoms with Crippen molar-refractivity contribution < 1.29 is 0 Å². The molecule has 0 fully saturated rings. The van der Waals surface area contributed by atoms with Gasteiger partial charge < -0.3 is 0 Å². The Hall–Kier alpha value is -0.823. The van der Waals surface area contributed by atoms with Crippen LogP contribution in [0.4, 0.5) is 0 Å². The second-order valence-corrected chi connectivity index (χ2v) is 21.9. The van der Waals surface area contributed by atoms with Crippen LogP contribution in [0.2, 0.25) is 24.2 Å². The molecule has 1 aromatic rings. The van der Waals surface area contributed by atoms with Crippen LogP contribution >= 0.6 is 0 Å². The summed E-state index contributed by atoms with van der Waals surface area (Å²) >= 11 is 0. The molecule has 0 saturated heterocycles. The normalized spacial score (nSPS) is 12.4. The summed E-state index contributed by atoms with van der Waals surface area (Å²) < 4.78 is 0. The van der Waals surface area contributed by atoms with Gasteiger partial charge in [0.15, 0.2) is 0 Å². The average Bonchev–Trinajstić information content (AvgIpc) is 2.78. The molecule has 0 bridgehead atoms. The van der Waals surface area contributed by atoms with Gasteiger partial charge in [-0.3, -0.25) is 0 Å². The third-order valence-corrected chi connectivity index (χ3v) is 16.0. The van der Waals surface area contributed by atoms with E-state index in [0.717, 1.165) is 22.9 Å². The number of allylic oxidation sites excluding steroid dienone is 2. The molecule has 0 radical (unpaired) electrons. The van der Waals surface area contributed by atoms with Gasteiger partial charge in [0.05, 0.1) is 8.07 Å². The predicted octanol–water partition coefficient (Wildman–Crippen LogP) is 15.0. The maximum Gasteiger partial charge on any atom is 0.0525 e. The molecule has 0 spiro atoms. The molecule has 0 aliphatic rings. The van der Waals surface area contributed by atoms with E-state index in [9.17, 15) is 0 Å². The van der Waals surface area contributed by atoms with E-state index in [1.54, 1.807) is 0 Å². The maximum atomic E-state index is 2.47. The molecule has 0 aliphatic carbocycles. The fourth-order valence-electron chi connectivity index (χ4n) is 4.05. The summed E-state index contributed by atoms with van der Waals surface area (Å²) in [7, 11) is -0.858. The van der Waals surface area contributed by atoms with Gasteiger partial charge in [0.25, 0.3) is 0 Å². The Kier molecular flexibility index (Phi) is 25.1. The van der Waals surface area contributed by atoms with Crippen LogP contribution in [0.1, 0.15) is 168 Å². The van der Waals surface area contributed by atoms with E-state index >= 15 is 0 Å². The van der Waals surface area contributed by atoms with Gasteiger partial charge in [0.1, 0.15) is 0 Å². The monoisotopic (exact) mass is 591 g/mol. The lowest BCUT2D eigenvalue weighted by Gasteiger charge is -2.33.